The van der Waals surface area contributed by atoms with Crippen LogP contribution in [0.3, 0.4) is 0 Å². The van der Waals surface area contributed by atoms with E-state index in [1.807, 2.05) is 0 Å². The lowest BCUT2D eigenvalue weighted by Crippen LogP contribution is -1.89. The number of rotatable bonds is 0. The van der Waals surface area contributed by atoms with Crippen molar-refractivity contribution in [2.45, 2.75) is 0 Å². The zero-order chi connectivity index (χ0) is 19.4. The molecule has 2 heteroatoms. The van der Waals surface area contributed by atoms with Crippen LogP contribution >= 0.6 is 14.4 Å². The summed E-state index contributed by atoms with van der Waals surface area (Å²) in [7, 11) is -0.792. The van der Waals surface area contributed by atoms with E-state index in [0.29, 0.717) is 0 Å². The lowest BCUT2D eigenvalue weighted by molar-refractivity contribution is 1.82. The molecule has 0 radical (unpaired) electrons. The van der Waals surface area contributed by atoms with Crippen LogP contribution in [0.4, 0.5) is 0 Å². The van der Waals surface area contributed by atoms with Crippen LogP contribution in [-0.4, -0.2) is 0 Å². The molecule has 6 aromatic carbocycles. The minimum Gasteiger partial charge on any atom is -0.0616 e. The molecule has 10 rings (SSSR count). The smallest absolute Gasteiger partial charge is 0.0182 e. The molecule has 0 saturated heterocycles. The van der Waals surface area contributed by atoms with E-state index in [-0.39, 0.29) is 0 Å². The van der Waals surface area contributed by atoms with Crippen LogP contribution in [0.25, 0.3) is 63.6 Å². The fourth-order valence-corrected chi connectivity index (χ4v) is 15.3. The molecule has 0 amide bonds. The van der Waals surface area contributed by atoms with Gasteiger partial charge >= 0.3 is 0 Å². The van der Waals surface area contributed by atoms with Crippen LogP contribution in [0.2, 0.25) is 0 Å². The largest absolute Gasteiger partial charge is 0.0616 e. The molecule has 0 saturated carbocycles. The quantitative estimate of drug-likeness (QED) is 0.217. The Morgan fingerprint density at radius 2 is 0.433 bits per heavy atom. The monoisotopic (exact) mass is 414 g/mol. The van der Waals surface area contributed by atoms with Crippen molar-refractivity contribution in [2.75, 3.05) is 0 Å². The molecule has 0 N–H and O–H groups in total. The summed E-state index contributed by atoms with van der Waals surface area (Å²) in [6, 6.07) is 36.6. The molecule has 4 aliphatic rings. The Morgan fingerprint density at radius 3 is 0.600 bits per heavy atom. The summed E-state index contributed by atoms with van der Waals surface area (Å²) >= 11 is 0. The van der Waals surface area contributed by atoms with Crippen molar-refractivity contribution in [3.8, 4) is 0 Å². The predicted octanol–water partition coefficient (Wildman–Crippen LogP) is 9.77. The molecule has 0 fully saturated rings. The molecule has 30 heavy (non-hydrogen) atoms. The van der Waals surface area contributed by atoms with Crippen LogP contribution in [0.5, 0.6) is 0 Å². The van der Waals surface area contributed by atoms with Crippen molar-refractivity contribution in [2.24, 2.45) is 0 Å². The second-order valence-electron chi connectivity index (χ2n) is 8.20. The third-order valence-electron chi connectivity index (χ3n) is 6.80. The first kappa shape index (κ1) is 15.8. The van der Waals surface area contributed by atoms with Crippen LogP contribution in [0, 0.1) is 0 Å². The zero-order valence-corrected chi connectivity index (χ0v) is 17.9. The van der Waals surface area contributed by atoms with Gasteiger partial charge in [-0.15, -0.1) is 0 Å². The molecule has 0 spiro atoms. The van der Waals surface area contributed by atoms with E-state index in [1.165, 1.54) is 43.1 Å². The second-order valence-corrected chi connectivity index (χ2v) is 13.6. The van der Waals surface area contributed by atoms with Gasteiger partial charge in [0.05, 0.1) is 0 Å². The summed E-state index contributed by atoms with van der Waals surface area (Å²) in [5.41, 5.74) is 0. The molecule has 0 aliphatic carbocycles. The third kappa shape index (κ3) is 1.66. The van der Waals surface area contributed by atoms with E-state index in [0.717, 1.165) is 0 Å². The Bertz CT molecular complexity index is 1500. The van der Waals surface area contributed by atoms with Crippen molar-refractivity contribution in [1.82, 2.24) is 0 Å². The molecule has 0 nitrogen and oxygen atoms in total. The van der Waals surface area contributed by atoms with Crippen LogP contribution in [0.15, 0.2) is 97.1 Å². The molecule has 138 valence electrons. The van der Waals surface area contributed by atoms with E-state index >= 15 is 0 Å². The second kappa shape index (κ2) is 5.35. The van der Waals surface area contributed by atoms with Crippen molar-refractivity contribution in [3.05, 3.63) is 97.1 Å². The minimum atomic E-state index is -0.396. The van der Waals surface area contributed by atoms with Crippen molar-refractivity contribution < 1.29 is 0 Å². The Labute approximate surface area is 175 Å². The minimum absolute atomic E-state index is 0.396. The van der Waals surface area contributed by atoms with Gasteiger partial charge in [-0.3, -0.25) is 0 Å². The Kier molecular flexibility index (Phi) is 2.81. The third-order valence-corrected chi connectivity index (χ3v) is 14.4. The molecular weight excluding hydrogens is 398 g/mol. The van der Waals surface area contributed by atoms with E-state index in [9.17, 15) is 0 Å². The standard InChI is InChI=1S/C28H16P2/c1-2-10-18-17(9-1)25-19-11-3-4-12-20(19)26(18)30-28-23-15-7-5-13-21(23)27(29(25)30)22-14-6-8-16-24(22)28/h1-16H. The Balaban J connectivity index is 1.92. The van der Waals surface area contributed by atoms with Gasteiger partial charge in [-0.2, -0.15) is 0 Å². The predicted molar refractivity (Wildman–Crippen MR) is 137 cm³/mol. The molecule has 4 aliphatic heterocycles. The van der Waals surface area contributed by atoms with Crippen molar-refractivity contribution in [3.63, 3.8) is 0 Å². The molecule has 0 unspecified atom stereocenters. The van der Waals surface area contributed by atoms with Gasteiger partial charge < -0.3 is 0 Å². The van der Waals surface area contributed by atoms with Gasteiger partial charge in [0.2, 0.25) is 0 Å². The van der Waals surface area contributed by atoms with Crippen LogP contribution in [0.1, 0.15) is 0 Å². The summed E-state index contributed by atoms with van der Waals surface area (Å²) in [5.74, 6) is 0. The first-order chi connectivity index (χ1) is 14.9. The van der Waals surface area contributed by atoms with Gasteiger partial charge in [0.15, 0.2) is 0 Å². The number of benzene rings is 6. The Morgan fingerprint density at radius 1 is 0.267 bits per heavy atom. The first-order valence-electron chi connectivity index (χ1n) is 10.4. The number of hydrogen-bond acceptors (Lipinski definition) is 0. The number of hydrogen-bond donors (Lipinski definition) is 0. The van der Waals surface area contributed by atoms with Crippen molar-refractivity contribution >= 4 is 78.0 Å². The summed E-state index contributed by atoms with van der Waals surface area (Å²) in [6.45, 7) is 0. The van der Waals surface area contributed by atoms with Gasteiger partial charge in [0, 0.05) is 20.5 Å². The maximum Gasteiger partial charge on any atom is 0.0182 e. The maximum absolute atomic E-state index is 2.36. The summed E-state index contributed by atoms with van der Waals surface area (Å²) in [6.07, 6.45) is 0. The normalized spacial score (nSPS) is 13.9. The average Bonchev–Trinajstić information content (AvgIpc) is 2.83. The molecule has 6 aromatic rings. The summed E-state index contributed by atoms with van der Waals surface area (Å²) < 4.78 is 0. The highest BCUT2D eigenvalue weighted by Gasteiger charge is 2.28. The van der Waals surface area contributed by atoms with Gasteiger partial charge in [-0.25, -0.2) is 0 Å². The lowest BCUT2D eigenvalue weighted by atomic mass is 10.0. The molecule has 0 atom stereocenters. The van der Waals surface area contributed by atoms with E-state index in [1.54, 1.807) is 20.5 Å². The SMILES string of the molecule is c1ccc2c(c1)c1c3ccccc3c2p2c3c4ccccc4c(c4ccccc43)p1-2. The van der Waals surface area contributed by atoms with Gasteiger partial charge in [-0.05, 0) is 43.1 Å². The van der Waals surface area contributed by atoms with E-state index in [4.69, 9.17) is 0 Å². The van der Waals surface area contributed by atoms with Crippen LogP contribution < -0.4 is 0 Å². The zero-order valence-electron chi connectivity index (χ0n) is 16.1. The first-order valence-corrected chi connectivity index (χ1v) is 13.8. The van der Waals surface area contributed by atoms with Crippen molar-refractivity contribution in [1.29, 1.82) is 0 Å². The van der Waals surface area contributed by atoms with E-state index in [2.05, 4.69) is 97.1 Å². The molecule has 4 heterocycles. The van der Waals surface area contributed by atoms with Crippen LogP contribution in [-0.2, 0) is 0 Å². The van der Waals surface area contributed by atoms with Gasteiger partial charge in [-0.1, -0.05) is 112 Å². The highest BCUT2D eigenvalue weighted by atomic mass is 32.0. The fraction of sp³-hybridized carbons (Fsp3) is 0. The maximum atomic E-state index is 2.36. The topological polar surface area (TPSA) is 0 Å². The molecule has 0 aromatic heterocycles. The van der Waals surface area contributed by atoms with E-state index < -0.39 is 14.4 Å². The Hall–Kier alpha value is -3.04. The highest BCUT2D eigenvalue weighted by Crippen LogP contribution is 2.77. The fourth-order valence-electron chi connectivity index (χ4n) is 5.70. The molecule has 4 bridgehead atoms. The summed E-state index contributed by atoms with van der Waals surface area (Å²) in [4.78, 5) is 0. The highest BCUT2D eigenvalue weighted by molar-refractivity contribution is 8.30. The average molecular weight is 414 g/mol. The molecular formula is C28H16P2. The summed E-state index contributed by atoms with van der Waals surface area (Å²) in [5, 5.41) is 18.3. The van der Waals surface area contributed by atoms with Gasteiger partial charge in [0.25, 0.3) is 0 Å². The lowest BCUT2D eigenvalue weighted by Gasteiger charge is -2.29. The van der Waals surface area contributed by atoms with Gasteiger partial charge in [0.1, 0.15) is 0 Å².